The Labute approximate surface area is 203 Å². The molecule has 34 heavy (non-hydrogen) atoms. The standard InChI is InChI=1S/C28H43NO5/c1-4-19(20-7-10-25(30)33-17-20)11-15-28(32)13-5-6-23-24(28)9-8-21-16-22(12-14-27(21,23)3)34-26(31)18(2)29/h7,10,17-19,21-24,32H,4-6,8-9,11-16,29H2,1-3H3/t18-,19-,21-,22+,23+,24-,27+,28+/m1/s1. The van der Waals surface area contributed by atoms with E-state index < -0.39 is 11.6 Å². The smallest absolute Gasteiger partial charge is 0.335 e. The summed E-state index contributed by atoms with van der Waals surface area (Å²) in [5.41, 5.74) is 6.01. The summed E-state index contributed by atoms with van der Waals surface area (Å²) in [4.78, 5) is 23.4. The van der Waals surface area contributed by atoms with Crippen LogP contribution in [0.25, 0.3) is 0 Å². The van der Waals surface area contributed by atoms with E-state index in [0.29, 0.717) is 17.8 Å². The molecule has 4 rings (SSSR count). The van der Waals surface area contributed by atoms with Gasteiger partial charge in [0.25, 0.3) is 0 Å². The number of carbonyl (C=O) groups is 1. The van der Waals surface area contributed by atoms with Crippen LogP contribution in [0, 0.1) is 23.2 Å². The summed E-state index contributed by atoms with van der Waals surface area (Å²) < 4.78 is 10.8. The number of nitrogens with two attached hydrogens (primary N) is 1. The van der Waals surface area contributed by atoms with Gasteiger partial charge in [0, 0.05) is 6.07 Å². The predicted molar refractivity (Wildman–Crippen MR) is 131 cm³/mol. The number of ether oxygens (including phenoxy) is 1. The van der Waals surface area contributed by atoms with Gasteiger partial charge in [-0.3, -0.25) is 4.79 Å². The van der Waals surface area contributed by atoms with E-state index in [1.807, 2.05) is 6.07 Å². The molecule has 0 amide bonds. The maximum Gasteiger partial charge on any atom is 0.335 e. The van der Waals surface area contributed by atoms with Gasteiger partial charge in [0.2, 0.25) is 0 Å². The van der Waals surface area contributed by atoms with E-state index >= 15 is 0 Å². The van der Waals surface area contributed by atoms with Crippen LogP contribution in [0.3, 0.4) is 0 Å². The lowest BCUT2D eigenvalue weighted by atomic mass is 9.46. The highest BCUT2D eigenvalue weighted by Crippen LogP contribution is 2.61. The van der Waals surface area contributed by atoms with Crippen molar-refractivity contribution in [2.45, 2.75) is 115 Å². The zero-order chi connectivity index (χ0) is 24.5. The Kier molecular flexibility index (Phi) is 7.58. The molecule has 0 aliphatic heterocycles. The molecule has 1 aromatic rings. The number of aliphatic hydroxyl groups is 1. The molecule has 1 aromatic heterocycles. The molecule has 8 atom stereocenters. The minimum atomic E-state index is -0.627. The topological polar surface area (TPSA) is 103 Å². The SMILES string of the molecule is CC[C@H](CC[C@@]1(O)CCC[C@H]2[C@H]1CC[C@@H]1C[C@@H](OC(=O)[C@@H](C)N)CC[C@@]12C)c1ccc(=O)oc1. The minimum absolute atomic E-state index is 0.0214. The number of fused-ring (bicyclic) bond motifs is 3. The molecule has 0 radical (unpaired) electrons. The highest BCUT2D eigenvalue weighted by atomic mass is 16.5. The molecule has 0 bridgehead atoms. The van der Waals surface area contributed by atoms with Gasteiger partial charge in [-0.1, -0.05) is 20.3 Å². The van der Waals surface area contributed by atoms with Gasteiger partial charge in [-0.15, -0.1) is 0 Å². The van der Waals surface area contributed by atoms with E-state index in [4.69, 9.17) is 14.9 Å². The maximum atomic E-state index is 12.0. The molecule has 0 aromatic carbocycles. The molecular weight excluding hydrogens is 430 g/mol. The molecule has 3 saturated carbocycles. The zero-order valence-electron chi connectivity index (χ0n) is 21.1. The summed E-state index contributed by atoms with van der Waals surface area (Å²) >= 11 is 0. The van der Waals surface area contributed by atoms with Crippen molar-refractivity contribution in [3.05, 3.63) is 34.4 Å². The fourth-order valence-electron chi connectivity index (χ4n) is 7.67. The zero-order valence-corrected chi connectivity index (χ0v) is 21.1. The van der Waals surface area contributed by atoms with Gasteiger partial charge in [0.1, 0.15) is 12.1 Å². The Balaban J connectivity index is 1.43. The minimum Gasteiger partial charge on any atom is -0.461 e. The molecule has 3 N–H and O–H groups in total. The third kappa shape index (κ3) is 4.99. The van der Waals surface area contributed by atoms with Crippen molar-refractivity contribution in [2.75, 3.05) is 0 Å². The second kappa shape index (κ2) is 10.1. The highest BCUT2D eigenvalue weighted by molar-refractivity contribution is 5.75. The average molecular weight is 474 g/mol. The van der Waals surface area contributed by atoms with Crippen LogP contribution in [0.5, 0.6) is 0 Å². The average Bonchev–Trinajstić information content (AvgIpc) is 2.81. The molecule has 190 valence electrons. The molecule has 0 spiro atoms. The van der Waals surface area contributed by atoms with E-state index in [2.05, 4.69) is 13.8 Å². The third-order valence-electron chi connectivity index (χ3n) is 9.73. The molecule has 6 nitrogen and oxygen atoms in total. The lowest BCUT2D eigenvalue weighted by Gasteiger charge is -2.60. The first kappa shape index (κ1) is 25.4. The number of hydrogen-bond acceptors (Lipinski definition) is 6. The van der Waals surface area contributed by atoms with Crippen molar-refractivity contribution in [3.63, 3.8) is 0 Å². The van der Waals surface area contributed by atoms with Crippen LogP contribution in [-0.2, 0) is 9.53 Å². The first-order chi connectivity index (χ1) is 16.2. The largest absolute Gasteiger partial charge is 0.461 e. The van der Waals surface area contributed by atoms with Gasteiger partial charge in [0.05, 0.1) is 11.9 Å². The van der Waals surface area contributed by atoms with Crippen LogP contribution < -0.4 is 11.4 Å². The molecule has 3 fully saturated rings. The predicted octanol–water partition coefficient (Wildman–Crippen LogP) is 4.92. The molecular formula is C28H43NO5. The lowest BCUT2D eigenvalue weighted by Crippen LogP contribution is -2.56. The third-order valence-corrected chi connectivity index (χ3v) is 9.73. The van der Waals surface area contributed by atoms with Crippen molar-refractivity contribution >= 4 is 5.97 Å². The molecule has 1 heterocycles. The van der Waals surface area contributed by atoms with Gasteiger partial charge in [-0.05, 0) is 112 Å². The van der Waals surface area contributed by atoms with E-state index in [0.717, 1.165) is 69.8 Å². The quantitative estimate of drug-likeness (QED) is 0.545. The molecule has 0 unspecified atom stereocenters. The summed E-state index contributed by atoms with van der Waals surface area (Å²) in [6, 6.07) is 2.79. The highest BCUT2D eigenvalue weighted by Gasteiger charge is 2.57. The fraction of sp³-hybridized carbons (Fsp3) is 0.786. The number of rotatable bonds is 7. The first-order valence-corrected chi connectivity index (χ1v) is 13.4. The van der Waals surface area contributed by atoms with Crippen LogP contribution in [0.4, 0.5) is 0 Å². The summed E-state index contributed by atoms with van der Waals surface area (Å²) in [6.07, 6.45) is 12.4. The monoisotopic (exact) mass is 473 g/mol. The summed E-state index contributed by atoms with van der Waals surface area (Å²) in [5, 5.41) is 12.0. The molecule has 6 heteroatoms. The Hall–Kier alpha value is -1.66. The fourth-order valence-corrected chi connectivity index (χ4v) is 7.67. The van der Waals surface area contributed by atoms with Crippen molar-refractivity contribution < 1.29 is 19.1 Å². The van der Waals surface area contributed by atoms with Crippen molar-refractivity contribution in [1.29, 1.82) is 0 Å². The first-order valence-electron chi connectivity index (χ1n) is 13.4. The van der Waals surface area contributed by atoms with E-state index in [1.54, 1.807) is 13.2 Å². The Morgan fingerprint density at radius 3 is 2.71 bits per heavy atom. The normalized spacial score (nSPS) is 37.2. The lowest BCUT2D eigenvalue weighted by molar-refractivity contribution is -0.175. The maximum absolute atomic E-state index is 12.0. The van der Waals surface area contributed by atoms with E-state index in [-0.39, 0.29) is 29.0 Å². The molecule has 3 aliphatic carbocycles. The van der Waals surface area contributed by atoms with Gasteiger partial charge >= 0.3 is 11.6 Å². The van der Waals surface area contributed by atoms with Crippen LogP contribution >= 0.6 is 0 Å². The number of carbonyl (C=O) groups excluding carboxylic acids is 1. The Morgan fingerprint density at radius 2 is 2.03 bits per heavy atom. The van der Waals surface area contributed by atoms with Gasteiger partial charge in [-0.25, -0.2) is 4.79 Å². The Morgan fingerprint density at radius 1 is 1.24 bits per heavy atom. The van der Waals surface area contributed by atoms with Crippen molar-refractivity contribution in [1.82, 2.24) is 0 Å². The van der Waals surface area contributed by atoms with Crippen LogP contribution in [0.2, 0.25) is 0 Å². The second-order valence-electron chi connectivity index (χ2n) is 11.6. The summed E-state index contributed by atoms with van der Waals surface area (Å²) in [5.74, 6) is 1.38. The number of hydrogen-bond donors (Lipinski definition) is 2. The van der Waals surface area contributed by atoms with E-state index in [1.165, 1.54) is 12.5 Å². The second-order valence-corrected chi connectivity index (χ2v) is 11.6. The number of esters is 1. The van der Waals surface area contributed by atoms with Crippen LogP contribution in [-0.4, -0.2) is 28.8 Å². The Bertz CT molecular complexity index is 892. The summed E-state index contributed by atoms with van der Waals surface area (Å²) in [6.45, 7) is 6.27. The van der Waals surface area contributed by atoms with Gasteiger partial charge in [-0.2, -0.15) is 0 Å². The van der Waals surface area contributed by atoms with Crippen molar-refractivity contribution in [3.8, 4) is 0 Å². The molecule has 3 aliphatic rings. The molecule has 0 saturated heterocycles. The van der Waals surface area contributed by atoms with Crippen molar-refractivity contribution in [2.24, 2.45) is 28.9 Å². The van der Waals surface area contributed by atoms with Gasteiger partial charge < -0.3 is 20.0 Å². The van der Waals surface area contributed by atoms with Gasteiger partial charge in [0.15, 0.2) is 0 Å². The van der Waals surface area contributed by atoms with Crippen LogP contribution in [0.1, 0.15) is 103 Å². The van der Waals surface area contributed by atoms with E-state index in [9.17, 15) is 14.7 Å². The summed E-state index contributed by atoms with van der Waals surface area (Å²) in [7, 11) is 0. The van der Waals surface area contributed by atoms with Crippen LogP contribution in [0.15, 0.2) is 27.6 Å².